The van der Waals surface area contributed by atoms with Crippen molar-refractivity contribution in [3.8, 4) is 11.1 Å². The molecule has 0 spiro atoms. The maximum Gasteiger partial charge on any atom is 0.159 e. The molecule has 0 saturated carbocycles. The van der Waals surface area contributed by atoms with Gasteiger partial charge in [0.1, 0.15) is 11.2 Å². The second-order valence-corrected chi connectivity index (χ2v) is 24.8. The van der Waals surface area contributed by atoms with E-state index in [2.05, 4.69) is 297 Å². The number of fused-ring (bicyclic) bond motifs is 11. The van der Waals surface area contributed by atoms with Gasteiger partial charge in [-0.3, -0.25) is 0 Å². The Bertz CT molecular complexity index is 4580. The van der Waals surface area contributed by atoms with Crippen LogP contribution in [0.4, 0.5) is 34.1 Å². The third-order valence-electron chi connectivity index (χ3n) is 17.1. The van der Waals surface area contributed by atoms with Crippen LogP contribution in [-0.4, -0.2) is 0 Å². The molecule has 4 nitrogen and oxygen atoms in total. The summed E-state index contributed by atoms with van der Waals surface area (Å²) in [6.07, 6.45) is 0. The molecule has 81 heavy (non-hydrogen) atoms. The molecular weight excluding hydrogens is 985 g/mol. The number of anilines is 6. The summed E-state index contributed by atoms with van der Waals surface area (Å²) in [5.41, 5.74) is 23.2. The van der Waals surface area contributed by atoms with E-state index in [1.54, 1.807) is 0 Å². The topological polar surface area (TPSA) is 32.8 Å². The molecule has 0 saturated heterocycles. The van der Waals surface area contributed by atoms with Crippen molar-refractivity contribution in [2.24, 2.45) is 0 Å². The number of benzene rings is 11. The van der Waals surface area contributed by atoms with Gasteiger partial charge in [0.2, 0.25) is 0 Å². The molecule has 4 heteroatoms. The Kier molecular flexibility index (Phi) is 11.4. The van der Waals surface area contributed by atoms with E-state index in [-0.39, 0.29) is 10.8 Å². The Labute approximate surface area is 475 Å². The molecule has 13 aromatic rings. The van der Waals surface area contributed by atoms with Crippen molar-refractivity contribution in [2.75, 3.05) is 9.80 Å². The molecule has 0 unspecified atom stereocenters. The fraction of sp³-hybridized carbons (Fsp3) is 0.169. The fourth-order valence-electron chi connectivity index (χ4n) is 13.8. The average Bonchev–Trinajstić information content (AvgIpc) is 4.01. The van der Waals surface area contributed by atoms with Crippen molar-refractivity contribution in [1.82, 2.24) is 0 Å². The number of rotatable bonds is 8. The molecule has 0 fully saturated rings. The normalized spacial score (nSPS) is 13.2. The SMILES string of the molecule is Cc1cc(C)cc(N(c2ccc3c(c2)C(c2ccccc2)(c2ccccc2)c2cc(N(c4cc(C)cc(C)c4)c4cccc5c4oc4c(C(C)(C)C)cccc45)c4ccccc4c2-3)c2cccc3c2oc2c(C(C)(C)C)cccc23)c1. The number of para-hydroxylation sites is 4. The summed E-state index contributed by atoms with van der Waals surface area (Å²) in [6, 6.07) is 81.6. The largest absolute Gasteiger partial charge is 0.454 e. The molecule has 11 aromatic carbocycles. The zero-order chi connectivity index (χ0) is 55.7. The second-order valence-electron chi connectivity index (χ2n) is 24.8. The van der Waals surface area contributed by atoms with Crippen LogP contribution in [0, 0.1) is 27.7 Å². The van der Waals surface area contributed by atoms with E-state index < -0.39 is 5.41 Å². The zero-order valence-corrected chi connectivity index (χ0v) is 48.0. The Morgan fingerprint density at radius 3 is 1.23 bits per heavy atom. The van der Waals surface area contributed by atoms with Crippen LogP contribution >= 0.6 is 0 Å². The fourth-order valence-corrected chi connectivity index (χ4v) is 13.8. The van der Waals surface area contributed by atoms with Gasteiger partial charge in [-0.25, -0.2) is 0 Å². The first-order chi connectivity index (χ1) is 39.1. The number of nitrogens with zero attached hydrogens (tertiary/aromatic N) is 2. The third kappa shape index (κ3) is 7.86. The highest BCUT2D eigenvalue weighted by atomic mass is 16.3. The van der Waals surface area contributed by atoms with Gasteiger partial charge in [-0.2, -0.15) is 0 Å². The lowest BCUT2D eigenvalue weighted by molar-refractivity contribution is 0.572. The number of aryl methyl sites for hydroxylation is 4. The second kappa shape index (κ2) is 18.5. The van der Waals surface area contributed by atoms with Gasteiger partial charge in [-0.05, 0) is 154 Å². The molecule has 0 radical (unpaired) electrons. The minimum Gasteiger partial charge on any atom is -0.454 e. The molecule has 0 N–H and O–H groups in total. The first kappa shape index (κ1) is 50.1. The molecule has 14 rings (SSSR count). The van der Waals surface area contributed by atoms with Crippen molar-refractivity contribution in [3.05, 3.63) is 274 Å². The van der Waals surface area contributed by atoms with Gasteiger partial charge in [-0.1, -0.05) is 205 Å². The first-order valence-corrected chi connectivity index (χ1v) is 28.6. The van der Waals surface area contributed by atoms with Crippen molar-refractivity contribution in [1.29, 1.82) is 0 Å². The Balaban J connectivity index is 1.09. The van der Waals surface area contributed by atoms with E-state index in [9.17, 15) is 0 Å². The Hall–Kier alpha value is -9.12. The molecular formula is C77H66N2O2. The van der Waals surface area contributed by atoms with Crippen LogP contribution in [0.2, 0.25) is 0 Å². The van der Waals surface area contributed by atoms with Crippen LogP contribution in [0.3, 0.4) is 0 Å². The smallest absolute Gasteiger partial charge is 0.159 e. The van der Waals surface area contributed by atoms with E-state index in [0.29, 0.717) is 0 Å². The molecule has 1 aliphatic rings. The van der Waals surface area contributed by atoms with E-state index in [1.807, 2.05) is 0 Å². The van der Waals surface area contributed by atoms with E-state index in [1.165, 1.54) is 72.1 Å². The zero-order valence-electron chi connectivity index (χ0n) is 48.0. The number of hydrogen-bond donors (Lipinski definition) is 0. The molecule has 2 heterocycles. The number of furan rings is 2. The lowest BCUT2D eigenvalue weighted by Gasteiger charge is -2.36. The molecule has 0 atom stereocenters. The van der Waals surface area contributed by atoms with Crippen molar-refractivity contribution >= 4 is 88.8 Å². The monoisotopic (exact) mass is 1050 g/mol. The molecule has 0 amide bonds. The van der Waals surface area contributed by atoms with E-state index in [0.717, 1.165) is 83.4 Å². The Morgan fingerprint density at radius 2 is 0.741 bits per heavy atom. The summed E-state index contributed by atoms with van der Waals surface area (Å²) in [6.45, 7) is 22.4. The van der Waals surface area contributed by atoms with Crippen LogP contribution in [0.25, 0.3) is 65.8 Å². The molecule has 396 valence electrons. The first-order valence-electron chi connectivity index (χ1n) is 28.6. The standard InChI is InChI=1S/C77H66N2O2/c1-47-39-48(2)42-54(41-47)78(67-35-21-31-60-58-29-19-33-63(75(5,6)7)71(58)80-73(60)67)53-37-38-62-65(45-53)77(51-23-13-11-14-24-51,52-25-15-12-16-26-52)66-46-69(56-27-17-18-28-57(56)70(62)66)79(55-43-49(3)40-50(4)44-55)68-36-22-32-61-59-30-20-34-64(76(8,9)10)72(59)81-74(61)68/h11-46H,1-10H3. The van der Waals surface area contributed by atoms with Gasteiger partial charge in [0.15, 0.2) is 11.2 Å². The van der Waals surface area contributed by atoms with Crippen LogP contribution in [0.1, 0.15) is 97.2 Å². The highest BCUT2D eigenvalue weighted by Crippen LogP contribution is 2.61. The van der Waals surface area contributed by atoms with Gasteiger partial charge in [0.25, 0.3) is 0 Å². The summed E-state index contributed by atoms with van der Waals surface area (Å²) in [5, 5.41) is 6.77. The summed E-state index contributed by atoms with van der Waals surface area (Å²) < 4.78 is 14.5. The number of hydrogen-bond acceptors (Lipinski definition) is 4. The summed E-state index contributed by atoms with van der Waals surface area (Å²) >= 11 is 0. The summed E-state index contributed by atoms with van der Waals surface area (Å²) in [5.74, 6) is 0. The predicted molar refractivity (Wildman–Crippen MR) is 342 cm³/mol. The summed E-state index contributed by atoms with van der Waals surface area (Å²) in [4.78, 5) is 4.93. The summed E-state index contributed by atoms with van der Waals surface area (Å²) in [7, 11) is 0. The maximum atomic E-state index is 7.30. The quantitative estimate of drug-likeness (QED) is 0.152. The molecule has 0 aliphatic heterocycles. The van der Waals surface area contributed by atoms with Crippen LogP contribution < -0.4 is 9.80 Å². The Morgan fingerprint density at radius 1 is 0.321 bits per heavy atom. The molecule has 1 aliphatic carbocycles. The van der Waals surface area contributed by atoms with Crippen molar-refractivity contribution in [3.63, 3.8) is 0 Å². The molecule has 0 bridgehead atoms. The van der Waals surface area contributed by atoms with Gasteiger partial charge in [0.05, 0.1) is 22.5 Å². The van der Waals surface area contributed by atoms with Crippen LogP contribution in [0.15, 0.2) is 227 Å². The highest BCUT2D eigenvalue weighted by molar-refractivity contribution is 6.16. The van der Waals surface area contributed by atoms with Crippen molar-refractivity contribution < 1.29 is 8.83 Å². The predicted octanol–water partition coefficient (Wildman–Crippen LogP) is 21.8. The maximum absolute atomic E-state index is 7.30. The van der Waals surface area contributed by atoms with Gasteiger partial charge in [-0.15, -0.1) is 0 Å². The third-order valence-corrected chi connectivity index (χ3v) is 17.1. The van der Waals surface area contributed by atoms with Gasteiger partial charge < -0.3 is 18.6 Å². The van der Waals surface area contributed by atoms with Crippen molar-refractivity contribution in [2.45, 2.75) is 85.5 Å². The van der Waals surface area contributed by atoms with E-state index in [4.69, 9.17) is 8.83 Å². The lowest BCUT2D eigenvalue weighted by atomic mass is 9.67. The van der Waals surface area contributed by atoms with Crippen LogP contribution in [-0.2, 0) is 16.2 Å². The van der Waals surface area contributed by atoms with Gasteiger partial charge >= 0.3 is 0 Å². The highest BCUT2D eigenvalue weighted by Gasteiger charge is 2.48. The van der Waals surface area contributed by atoms with Gasteiger partial charge in [0, 0.05) is 55.1 Å². The average molecular weight is 1050 g/mol. The van der Waals surface area contributed by atoms with Crippen LogP contribution in [0.5, 0.6) is 0 Å². The molecule has 2 aromatic heterocycles. The van der Waals surface area contributed by atoms with E-state index >= 15 is 0 Å². The lowest BCUT2D eigenvalue weighted by Crippen LogP contribution is -2.29. The minimum absolute atomic E-state index is 0.120. The minimum atomic E-state index is -0.787.